The molecule has 1 saturated carbocycles. The molecule has 3 rings (SSSR count). The van der Waals surface area contributed by atoms with E-state index in [2.05, 4.69) is 0 Å². The molecule has 1 heterocycles. The Bertz CT molecular complexity index is 564. The van der Waals surface area contributed by atoms with E-state index in [4.69, 9.17) is 4.74 Å². The summed E-state index contributed by atoms with van der Waals surface area (Å²) < 4.78 is 5.32. The van der Waals surface area contributed by atoms with Gasteiger partial charge in [0.05, 0.1) is 0 Å². The van der Waals surface area contributed by atoms with Crippen LogP contribution in [-0.2, 0) is 9.59 Å². The molecule has 1 aliphatic carbocycles. The zero-order valence-electron chi connectivity index (χ0n) is 9.16. The number of phenols is 2. The van der Waals surface area contributed by atoms with E-state index in [1.54, 1.807) is 0 Å². The van der Waals surface area contributed by atoms with Crippen molar-refractivity contribution in [1.29, 1.82) is 0 Å². The molecule has 1 fully saturated rings. The van der Waals surface area contributed by atoms with Gasteiger partial charge in [0.15, 0.2) is 18.0 Å². The van der Waals surface area contributed by atoms with Crippen molar-refractivity contribution in [1.82, 2.24) is 0 Å². The molecule has 0 spiro atoms. The summed E-state index contributed by atoms with van der Waals surface area (Å²) in [5, 5.41) is 28.5. The summed E-state index contributed by atoms with van der Waals surface area (Å²) in [4.78, 5) is 23.2. The molecule has 0 amide bonds. The molecule has 0 bridgehead atoms. The maximum Gasteiger partial charge on any atom is 0.209 e. The van der Waals surface area contributed by atoms with Crippen LogP contribution in [0.5, 0.6) is 17.2 Å². The third-order valence-corrected chi connectivity index (χ3v) is 3.37. The second kappa shape index (κ2) is 3.46. The fourth-order valence-electron chi connectivity index (χ4n) is 2.55. The largest absolute Gasteiger partial charge is 0.508 e. The minimum absolute atomic E-state index is 0.0666. The Balaban J connectivity index is 2.10. The molecule has 2 aliphatic rings. The number of fused-ring (bicyclic) bond motifs is 3. The third-order valence-electron chi connectivity index (χ3n) is 3.37. The van der Waals surface area contributed by atoms with Crippen LogP contribution in [0.3, 0.4) is 0 Å². The summed E-state index contributed by atoms with van der Waals surface area (Å²) in [6, 6.07) is 2.40. The summed E-state index contributed by atoms with van der Waals surface area (Å²) >= 11 is 0. The fourth-order valence-corrected chi connectivity index (χ4v) is 2.55. The molecule has 0 saturated heterocycles. The van der Waals surface area contributed by atoms with E-state index in [1.165, 1.54) is 6.07 Å². The van der Waals surface area contributed by atoms with Crippen molar-refractivity contribution in [2.75, 3.05) is 0 Å². The van der Waals surface area contributed by atoms with Gasteiger partial charge in [0.2, 0.25) is 5.78 Å². The first-order valence-electron chi connectivity index (χ1n) is 5.46. The highest BCUT2D eigenvalue weighted by molar-refractivity contribution is 6.10. The maximum absolute atomic E-state index is 11.7. The average molecular weight is 250 g/mol. The van der Waals surface area contributed by atoms with Gasteiger partial charge >= 0.3 is 0 Å². The molecule has 3 atom stereocenters. The van der Waals surface area contributed by atoms with Crippen LogP contribution >= 0.6 is 0 Å². The number of aromatic hydroxyl groups is 2. The molecule has 6 heteroatoms. The van der Waals surface area contributed by atoms with E-state index in [9.17, 15) is 24.9 Å². The van der Waals surface area contributed by atoms with E-state index >= 15 is 0 Å². The highest BCUT2D eigenvalue weighted by Gasteiger charge is 2.50. The van der Waals surface area contributed by atoms with Crippen molar-refractivity contribution >= 4 is 11.6 Å². The van der Waals surface area contributed by atoms with Gasteiger partial charge in [-0.2, -0.15) is 0 Å². The standard InChI is InChI=1S/C12H10O6/c13-4-1-6(14)9-5-3-7(15)10(16)11(17)12(5)18-8(9)2-4/h1-2,5,10,12-14,16H,3H2. The number of benzene rings is 1. The number of hydrogen-bond acceptors (Lipinski definition) is 6. The van der Waals surface area contributed by atoms with Crippen molar-refractivity contribution in [3.05, 3.63) is 17.7 Å². The van der Waals surface area contributed by atoms with Gasteiger partial charge in [-0.15, -0.1) is 0 Å². The molecule has 1 aliphatic heterocycles. The summed E-state index contributed by atoms with van der Waals surface area (Å²) in [5.41, 5.74) is 0.339. The van der Waals surface area contributed by atoms with Gasteiger partial charge < -0.3 is 20.1 Å². The molecule has 94 valence electrons. The predicted octanol–water partition coefficient (Wildman–Crippen LogP) is -0.155. The van der Waals surface area contributed by atoms with Crippen molar-refractivity contribution in [3.63, 3.8) is 0 Å². The van der Waals surface area contributed by atoms with E-state index in [0.29, 0.717) is 5.56 Å². The maximum atomic E-state index is 11.7. The lowest BCUT2D eigenvalue weighted by Gasteiger charge is -2.25. The van der Waals surface area contributed by atoms with Crippen LogP contribution in [-0.4, -0.2) is 39.1 Å². The van der Waals surface area contributed by atoms with Crippen LogP contribution < -0.4 is 4.74 Å². The Morgan fingerprint density at radius 3 is 2.67 bits per heavy atom. The van der Waals surface area contributed by atoms with Crippen molar-refractivity contribution < 1.29 is 29.6 Å². The normalized spacial score (nSPS) is 29.7. The van der Waals surface area contributed by atoms with Crippen molar-refractivity contribution in [2.45, 2.75) is 24.5 Å². The Morgan fingerprint density at radius 2 is 1.94 bits per heavy atom. The number of carbonyl (C=O) groups is 2. The summed E-state index contributed by atoms with van der Waals surface area (Å²) in [7, 11) is 0. The molecule has 3 N–H and O–H groups in total. The van der Waals surface area contributed by atoms with Gasteiger partial charge in [-0.05, 0) is 0 Å². The monoisotopic (exact) mass is 250 g/mol. The third kappa shape index (κ3) is 1.32. The quantitative estimate of drug-likeness (QED) is 0.553. The van der Waals surface area contributed by atoms with Crippen LogP contribution in [0.1, 0.15) is 17.9 Å². The van der Waals surface area contributed by atoms with Crippen LogP contribution in [0.4, 0.5) is 0 Å². The Labute approximate surface area is 101 Å². The Kier molecular flexibility index (Phi) is 2.12. The van der Waals surface area contributed by atoms with Crippen LogP contribution in [0, 0.1) is 0 Å². The van der Waals surface area contributed by atoms with Crippen LogP contribution in [0.15, 0.2) is 12.1 Å². The smallest absolute Gasteiger partial charge is 0.209 e. The lowest BCUT2D eigenvalue weighted by molar-refractivity contribution is -0.147. The number of ether oxygens (including phenoxy) is 1. The first kappa shape index (κ1) is 11.0. The minimum atomic E-state index is -1.66. The van der Waals surface area contributed by atoms with E-state index in [1.807, 2.05) is 0 Å². The highest BCUT2D eigenvalue weighted by atomic mass is 16.5. The number of phenolic OH excluding ortho intramolecular Hbond substituents is 2. The van der Waals surface area contributed by atoms with Gasteiger partial charge in [-0.1, -0.05) is 0 Å². The van der Waals surface area contributed by atoms with Crippen LogP contribution in [0.25, 0.3) is 0 Å². The molecule has 6 nitrogen and oxygen atoms in total. The van der Waals surface area contributed by atoms with Gasteiger partial charge in [0.1, 0.15) is 17.2 Å². The van der Waals surface area contributed by atoms with Crippen LogP contribution in [0.2, 0.25) is 0 Å². The van der Waals surface area contributed by atoms with E-state index in [-0.39, 0.29) is 23.7 Å². The molecule has 1 aromatic carbocycles. The first-order valence-corrected chi connectivity index (χ1v) is 5.46. The summed E-state index contributed by atoms with van der Waals surface area (Å²) in [5.74, 6) is -2.10. The zero-order chi connectivity index (χ0) is 13.0. The van der Waals surface area contributed by atoms with Gasteiger partial charge in [0, 0.05) is 30.0 Å². The predicted molar refractivity (Wildman–Crippen MR) is 57.6 cm³/mol. The molecule has 1 aromatic rings. The van der Waals surface area contributed by atoms with Crippen molar-refractivity contribution in [3.8, 4) is 17.2 Å². The SMILES string of the molecule is O=C1CC2c3c(O)cc(O)cc3OC2C(=O)C1O. The molecular formula is C12H10O6. The summed E-state index contributed by atoms with van der Waals surface area (Å²) in [6.07, 6.45) is -2.69. The average Bonchev–Trinajstić information content (AvgIpc) is 2.64. The molecule has 3 unspecified atom stereocenters. The minimum Gasteiger partial charge on any atom is -0.508 e. The van der Waals surface area contributed by atoms with E-state index in [0.717, 1.165) is 6.07 Å². The number of hydrogen-bond donors (Lipinski definition) is 3. The second-order valence-corrected chi connectivity index (χ2v) is 4.50. The number of Topliss-reactive ketones (excluding diaryl/α,β-unsaturated/α-hetero) is 2. The Hall–Kier alpha value is -2.08. The topological polar surface area (TPSA) is 104 Å². The number of aliphatic hydroxyl groups excluding tert-OH is 1. The Morgan fingerprint density at radius 1 is 1.22 bits per heavy atom. The fraction of sp³-hybridized carbons (Fsp3) is 0.333. The lowest BCUT2D eigenvalue weighted by atomic mass is 9.80. The van der Waals surface area contributed by atoms with Gasteiger partial charge in [-0.25, -0.2) is 0 Å². The highest BCUT2D eigenvalue weighted by Crippen LogP contribution is 2.49. The number of ketones is 2. The number of aliphatic hydroxyl groups is 1. The lowest BCUT2D eigenvalue weighted by Crippen LogP contribution is -2.47. The molecule has 0 aromatic heterocycles. The van der Waals surface area contributed by atoms with Crippen molar-refractivity contribution in [2.24, 2.45) is 0 Å². The van der Waals surface area contributed by atoms with E-state index < -0.39 is 29.7 Å². The number of carbonyl (C=O) groups excluding carboxylic acids is 2. The van der Waals surface area contributed by atoms with Gasteiger partial charge in [0.25, 0.3) is 0 Å². The zero-order valence-corrected chi connectivity index (χ0v) is 9.16. The first-order chi connectivity index (χ1) is 8.49. The molecule has 0 radical (unpaired) electrons. The van der Waals surface area contributed by atoms with Gasteiger partial charge in [-0.3, -0.25) is 9.59 Å². The number of rotatable bonds is 0. The second-order valence-electron chi connectivity index (χ2n) is 4.50. The molecular weight excluding hydrogens is 240 g/mol. The summed E-state index contributed by atoms with van der Waals surface area (Å²) in [6.45, 7) is 0. The molecule has 18 heavy (non-hydrogen) atoms.